The summed E-state index contributed by atoms with van der Waals surface area (Å²) in [5, 5.41) is 12.5. The van der Waals surface area contributed by atoms with E-state index in [1.807, 2.05) is 0 Å². The number of hydrogen-bond donors (Lipinski definition) is 0. The molecule has 0 bridgehead atoms. The Labute approximate surface area is 73.6 Å². The van der Waals surface area contributed by atoms with Crippen LogP contribution in [-0.4, -0.2) is 35.7 Å². The first-order valence-electron chi connectivity index (χ1n) is 3.51. The first-order valence-corrected chi connectivity index (χ1v) is 3.51. The molecule has 8 nitrogen and oxygen atoms in total. The van der Waals surface area contributed by atoms with Crippen molar-refractivity contribution in [3.8, 4) is 0 Å². The zero-order valence-corrected chi connectivity index (χ0v) is 7.00. The lowest BCUT2D eigenvalue weighted by atomic mass is 10.6. The Bertz CT molecular complexity index is 206. The first-order chi connectivity index (χ1) is 6.11. The molecule has 13 heavy (non-hydrogen) atoms. The van der Waals surface area contributed by atoms with Gasteiger partial charge in [-0.15, -0.1) is 4.91 Å². The first kappa shape index (κ1) is 11.3. The van der Waals surface area contributed by atoms with Crippen molar-refractivity contribution in [1.29, 1.82) is 0 Å². The number of nitroso groups, excluding NO2 is 1. The molecule has 0 spiro atoms. The maximum atomic E-state index is 10.8. The van der Waals surface area contributed by atoms with Gasteiger partial charge in [0.05, 0.1) is 11.9 Å². The number of amides is 1. The van der Waals surface area contributed by atoms with Crippen LogP contribution in [0.5, 0.6) is 0 Å². The van der Waals surface area contributed by atoms with Gasteiger partial charge in [0.1, 0.15) is 6.54 Å². The third-order valence-corrected chi connectivity index (χ3v) is 1.07. The predicted molar refractivity (Wildman–Crippen MR) is 41.4 cm³/mol. The molecule has 0 fully saturated rings. The van der Waals surface area contributed by atoms with Crippen molar-refractivity contribution in [2.75, 3.05) is 19.7 Å². The number of nitrogens with zero attached hydrogens (tertiary/aromatic N) is 3. The predicted octanol–water partition coefficient (Wildman–Crippen LogP) is 0.403. The summed E-state index contributed by atoms with van der Waals surface area (Å²) in [6.07, 6.45) is -0.973. The molecular weight excluding hydrogens is 182 g/mol. The van der Waals surface area contributed by atoms with Gasteiger partial charge in [0.25, 0.3) is 0 Å². The highest BCUT2D eigenvalue weighted by Gasteiger charge is 2.16. The van der Waals surface area contributed by atoms with Crippen LogP contribution in [0.4, 0.5) is 4.79 Å². The van der Waals surface area contributed by atoms with Crippen LogP contribution < -0.4 is 0 Å². The minimum Gasteiger partial charge on any atom is -0.448 e. The highest BCUT2D eigenvalue weighted by molar-refractivity contribution is 5.66. The molecule has 0 aliphatic heterocycles. The number of carbonyl (C=O) groups excluding carboxylic acids is 1. The molecule has 0 aliphatic carbocycles. The second kappa shape index (κ2) is 5.86. The topological polar surface area (TPSA) is 102 Å². The SMILES string of the molecule is CCOC(=O)N(CC[N+](=O)[O-])N=O. The van der Waals surface area contributed by atoms with Crippen molar-refractivity contribution in [3.63, 3.8) is 0 Å². The minimum absolute atomic E-state index is 0.0866. The Morgan fingerprint density at radius 1 is 1.69 bits per heavy atom. The van der Waals surface area contributed by atoms with E-state index in [0.717, 1.165) is 0 Å². The van der Waals surface area contributed by atoms with Crippen LogP contribution in [0.3, 0.4) is 0 Å². The number of nitro groups is 1. The van der Waals surface area contributed by atoms with E-state index in [-0.39, 0.29) is 13.2 Å². The summed E-state index contributed by atoms with van der Waals surface area (Å²) in [5.41, 5.74) is 0. The fourth-order valence-electron chi connectivity index (χ4n) is 0.540. The van der Waals surface area contributed by atoms with E-state index >= 15 is 0 Å². The summed E-state index contributed by atoms with van der Waals surface area (Å²) >= 11 is 0. The van der Waals surface area contributed by atoms with Crippen LogP contribution in [0.1, 0.15) is 6.92 Å². The number of ether oxygens (including phenoxy) is 1. The highest BCUT2D eigenvalue weighted by atomic mass is 16.6. The monoisotopic (exact) mass is 191 g/mol. The van der Waals surface area contributed by atoms with Gasteiger partial charge in [0, 0.05) is 4.92 Å². The molecule has 0 N–H and O–H groups in total. The van der Waals surface area contributed by atoms with Crippen LogP contribution in [-0.2, 0) is 4.74 Å². The van der Waals surface area contributed by atoms with E-state index in [9.17, 15) is 19.8 Å². The van der Waals surface area contributed by atoms with Gasteiger partial charge in [-0.3, -0.25) is 10.1 Å². The Kier molecular flexibility index (Phi) is 5.08. The van der Waals surface area contributed by atoms with Gasteiger partial charge in [-0.1, -0.05) is 0 Å². The van der Waals surface area contributed by atoms with E-state index < -0.39 is 17.6 Å². The summed E-state index contributed by atoms with van der Waals surface area (Å²) in [6.45, 7) is 0.720. The molecule has 8 heteroatoms. The highest BCUT2D eigenvalue weighted by Crippen LogP contribution is 1.94. The second-order valence-corrected chi connectivity index (χ2v) is 1.96. The van der Waals surface area contributed by atoms with Crippen LogP contribution in [0.25, 0.3) is 0 Å². The van der Waals surface area contributed by atoms with Gasteiger partial charge in [0.2, 0.25) is 6.54 Å². The molecule has 0 atom stereocenters. The lowest BCUT2D eigenvalue weighted by Crippen LogP contribution is -2.30. The van der Waals surface area contributed by atoms with Crippen LogP contribution >= 0.6 is 0 Å². The Hall–Kier alpha value is -1.73. The molecule has 0 aliphatic rings. The van der Waals surface area contributed by atoms with Gasteiger partial charge in [-0.2, -0.15) is 5.01 Å². The molecule has 0 heterocycles. The molecule has 1 amide bonds. The number of hydrogen-bond acceptors (Lipinski definition) is 6. The smallest absolute Gasteiger partial charge is 0.433 e. The average molecular weight is 191 g/mol. The van der Waals surface area contributed by atoms with Crippen molar-refractivity contribution >= 4 is 6.09 Å². The summed E-state index contributed by atoms with van der Waals surface area (Å²) in [7, 11) is 0. The summed E-state index contributed by atoms with van der Waals surface area (Å²) in [4.78, 5) is 30.0. The van der Waals surface area contributed by atoms with Crippen LogP contribution in [0, 0.1) is 15.0 Å². The van der Waals surface area contributed by atoms with Crippen molar-refractivity contribution in [3.05, 3.63) is 15.0 Å². The van der Waals surface area contributed by atoms with E-state index in [1.54, 1.807) is 6.92 Å². The molecule has 0 aromatic carbocycles. The zero-order chi connectivity index (χ0) is 10.3. The van der Waals surface area contributed by atoms with Crippen LogP contribution in [0.2, 0.25) is 0 Å². The van der Waals surface area contributed by atoms with E-state index in [2.05, 4.69) is 10.0 Å². The summed E-state index contributed by atoms with van der Waals surface area (Å²) in [5.74, 6) is 0. The molecular formula is C5H9N3O5. The lowest BCUT2D eigenvalue weighted by Gasteiger charge is -2.09. The molecule has 0 saturated carbocycles. The maximum Gasteiger partial charge on any atom is 0.433 e. The number of carbonyl (C=O) groups is 1. The van der Waals surface area contributed by atoms with Crippen molar-refractivity contribution in [1.82, 2.24) is 5.01 Å². The van der Waals surface area contributed by atoms with E-state index in [0.29, 0.717) is 5.01 Å². The van der Waals surface area contributed by atoms with Gasteiger partial charge in [0.15, 0.2) is 0 Å². The van der Waals surface area contributed by atoms with Gasteiger partial charge in [-0.25, -0.2) is 4.79 Å². The van der Waals surface area contributed by atoms with Crippen LogP contribution in [0.15, 0.2) is 5.29 Å². The van der Waals surface area contributed by atoms with Gasteiger partial charge < -0.3 is 4.74 Å². The third kappa shape index (κ3) is 4.67. The Morgan fingerprint density at radius 3 is 2.69 bits per heavy atom. The molecule has 0 rings (SSSR count). The standard InChI is InChI=1S/C5H9N3O5/c1-2-13-5(9)7(6-10)3-4-8(11)12/h2-4H2,1H3. The van der Waals surface area contributed by atoms with E-state index in [4.69, 9.17) is 0 Å². The minimum atomic E-state index is -0.973. The molecule has 74 valence electrons. The normalized spacial score (nSPS) is 9.00. The third-order valence-electron chi connectivity index (χ3n) is 1.07. The van der Waals surface area contributed by atoms with E-state index in [1.165, 1.54) is 0 Å². The van der Waals surface area contributed by atoms with Crippen molar-refractivity contribution in [2.24, 2.45) is 5.29 Å². The zero-order valence-electron chi connectivity index (χ0n) is 7.00. The molecule has 0 unspecified atom stereocenters. The molecule has 0 aromatic heterocycles. The van der Waals surface area contributed by atoms with Crippen molar-refractivity contribution < 1.29 is 14.5 Å². The molecule has 0 aromatic rings. The molecule has 0 radical (unpaired) electrons. The number of rotatable bonds is 5. The largest absolute Gasteiger partial charge is 0.448 e. The summed E-state index contributed by atoms with van der Waals surface area (Å²) < 4.78 is 4.40. The Balaban J connectivity index is 3.94. The maximum absolute atomic E-state index is 10.8. The molecule has 0 saturated heterocycles. The van der Waals surface area contributed by atoms with Crippen molar-refractivity contribution in [2.45, 2.75) is 6.92 Å². The lowest BCUT2D eigenvalue weighted by molar-refractivity contribution is -0.479. The summed E-state index contributed by atoms with van der Waals surface area (Å²) in [6, 6.07) is 0. The van der Waals surface area contributed by atoms with Gasteiger partial charge >= 0.3 is 6.09 Å². The fourth-order valence-corrected chi connectivity index (χ4v) is 0.540. The Morgan fingerprint density at radius 2 is 2.31 bits per heavy atom. The second-order valence-electron chi connectivity index (χ2n) is 1.96. The van der Waals surface area contributed by atoms with Gasteiger partial charge in [-0.05, 0) is 6.92 Å². The average Bonchev–Trinajstić information content (AvgIpc) is 2.05. The fraction of sp³-hybridized carbons (Fsp3) is 0.800. The quantitative estimate of drug-likeness (QED) is 0.355.